The molecule has 1 atom stereocenters. The van der Waals surface area contributed by atoms with Crippen molar-refractivity contribution in [1.29, 1.82) is 0 Å². The van der Waals surface area contributed by atoms with Gasteiger partial charge in [-0.15, -0.1) is 0 Å². The zero-order valence-electron chi connectivity index (χ0n) is 9.62. The van der Waals surface area contributed by atoms with Crippen molar-refractivity contribution in [1.82, 2.24) is 0 Å². The third-order valence-corrected chi connectivity index (χ3v) is 3.54. The van der Waals surface area contributed by atoms with E-state index >= 15 is 0 Å². The Labute approximate surface area is 112 Å². The monoisotopic (exact) mass is 312 g/mol. The van der Waals surface area contributed by atoms with Crippen molar-refractivity contribution in [2.75, 3.05) is 0 Å². The summed E-state index contributed by atoms with van der Waals surface area (Å²) in [4.78, 5) is 0. The highest BCUT2D eigenvalue weighted by molar-refractivity contribution is 9.10. The van der Waals surface area contributed by atoms with Crippen LogP contribution in [0.3, 0.4) is 0 Å². The van der Waals surface area contributed by atoms with Crippen LogP contribution in [-0.2, 0) is 5.60 Å². The Morgan fingerprint density at radius 2 is 1.56 bits per heavy atom. The van der Waals surface area contributed by atoms with Crippen molar-refractivity contribution in [2.24, 2.45) is 0 Å². The number of halogens is 3. The van der Waals surface area contributed by atoms with Gasteiger partial charge in [-0.05, 0) is 25.1 Å². The Morgan fingerprint density at radius 3 is 2.11 bits per heavy atom. The fraction of sp³-hybridized carbons (Fsp3) is 0.143. The Hall–Kier alpha value is -1.26. The highest BCUT2D eigenvalue weighted by atomic mass is 79.9. The summed E-state index contributed by atoms with van der Waals surface area (Å²) < 4.78 is 28.1. The first-order valence-corrected chi connectivity index (χ1v) is 6.15. The van der Waals surface area contributed by atoms with Crippen LogP contribution in [0.25, 0.3) is 0 Å². The molecule has 2 aromatic carbocycles. The Kier molecular flexibility index (Phi) is 3.50. The molecule has 1 nitrogen and oxygen atoms in total. The van der Waals surface area contributed by atoms with E-state index in [4.69, 9.17) is 0 Å². The molecule has 0 aliphatic carbocycles. The average molecular weight is 313 g/mol. The van der Waals surface area contributed by atoms with E-state index in [0.717, 1.165) is 12.1 Å². The second-order valence-electron chi connectivity index (χ2n) is 4.15. The lowest BCUT2D eigenvalue weighted by molar-refractivity contribution is 0.0926. The zero-order chi connectivity index (χ0) is 13.3. The smallest absolute Gasteiger partial charge is 0.132 e. The molecule has 94 valence electrons. The van der Waals surface area contributed by atoms with Crippen LogP contribution in [0.1, 0.15) is 18.1 Å². The standard InChI is InChI=1S/C14H11BrF2O/c1-14(18,9-5-2-3-6-10(9)15)13-11(16)7-4-8-12(13)17/h2-8,18H,1H3. The van der Waals surface area contributed by atoms with Crippen molar-refractivity contribution in [3.05, 3.63) is 69.7 Å². The maximum absolute atomic E-state index is 13.7. The van der Waals surface area contributed by atoms with Gasteiger partial charge in [0, 0.05) is 10.0 Å². The zero-order valence-corrected chi connectivity index (χ0v) is 11.2. The van der Waals surface area contributed by atoms with Gasteiger partial charge in [-0.2, -0.15) is 0 Å². The van der Waals surface area contributed by atoms with Gasteiger partial charge in [0.15, 0.2) is 0 Å². The van der Waals surface area contributed by atoms with Gasteiger partial charge >= 0.3 is 0 Å². The van der Waals surface area contributed by atoms with Crippen molar-refractivity contribution < 1.29 is 13.9 Å². The molecule has 18 heavy (non-hydrogen) atoms. The van der Waals surface area contributed by atoms with Crippen LogP contribution in [0.2, 0.25) is 0 Å². The fourth-order valence-electron chi connectivity index (χ4n) is 1.95. The molecule has 0 aromatic heterocycles. The number of aliphatic hydroxyl groups is 1. The number of rotatable bonds is 2. The highest BCUT2D eigenvalue weighted by Gasteiger charge is 2.33. The summed E-state index contributed by atoms with van der Waals surface area (Å²) in [7, 11) is 0. The van der Waals surface area contributed by atoms with E-state index in [0.29, 0.717) is 10.0 Å². The van der Waals surface area contributed by atoms with Crippen LogP contribution in [-0.4, -0.2) is 5.11 Å². The summed E-state index contributed by atoms with van der Waals surface area (Å²) in [6.07, 6.45) is 0. The first-order chi connectivity index (χ1) is 8.44. The summed E-state index contributed by atoms with van der Waals surface area (Å²) in [6, 6.07) is 10.3. The third-order valence-electron chi connectivity index (χ3n) is 2.85. The molecule has 0 aliphatic heterocycles. The predicted octanol–water partition coefficient (Wildman–Crippen LogP) is 3.98. The molecule has 0 spiro atoms. The molecule has 4 heteroatoms. The maximum atomic E-state index is 13.7. The SMILES string of the molecule is CC(O)(c1ccccc1Br)c1c(F)cccc1F. The van der Waals surface area contributed by atoms with Crippen LogP contribution in [0.4, 0.5) is 8.78 Å². The second kappa shape index (κ2) is 4.78. The molecular formula is C14H11BrF2O. The van der Waals surface area contributed by atoms with E-state index < -0.39 is 17.2 Å². The molecule has 2 rings (SSSR count). The summed E-state index contributed by atoms with van der Waals surface area (Å²) in [6.45, 7) is 1.37. The topological polar surface area (TPSA) is 20.2 Å². The number of benzene rings is 2. The van der Waals surface area contributed by atoms with Gasteiger partial charge in [-0.25, -0.2) is 8.78 Å². The Morgan fingerprint density at radius 1 is 1.00 bits per heavy atom. The van der Waals surface area contributed by atoms with Crippen molar-refractivity contribution in [3.8, 4) is 0 Å². The van der Waals surface area contributed by atoms with Gasteiger partial charge in [0.05, 0.1) is 5.56 Å². The summed E-state index contributed by atoms with van der Waals surface area (Å²) in [5, 5.41) is 10.5. The van der Waals surface area contributed by atoms with E-state index in [1.807, 2.05) is 0 Å². The first kappa shape index (κ1) is 13.2. The maximum Gasteiger partial charge on any atom is 0.132 e. The van der Waals surface area contributed by atoms with Crippen LogP contribution in [0.15, 0.2) is 46.9 Å². The average Bonchev–Trinajstić information content (AvgIpc) is 2.28. The van der Waals surface area contributed by atoms with Gasteiger partial charge in [-0.1, -0.05) is 40.2 Å². The van der Waals surface area contributed by atoms with Crippen molar-refractivity contribution in [2.45, 2.75) is 12.5 Å². The molecule has 0 saturated heterocycles. The quantitative estimate of drug-likeness (QED) is 0.889. The molecule has 0 saturated carbocycles. The molecule has 0 radical (unpaired) electrons. The number of hydrogen-bond acceptors (Lipinski definition) is 1. The minimum atomic E-state index is -1.74. The van der Waals surface area contributed by atoms with Gasteiger partial charge in [-0.3, -0.25) is 0 Å². The lowest BCUT2D eigenvalue weighted by Crippen LogP contribution is -2.26. The molecule has 0 aliphatic rings. The van der Waals surface area contributed by atoms with Crippen LogP contribution >= 0.6 is 15.9 Å². The highest BCUT2D eigenvalue weighted by Crippen LogP contribution is 2.36. The minimum Gasteiger partial charge on any atom is -0.380 e. The second-order valence-corrected chi connectivity index (χ2v) is 5.00. The first-order valence-electron chi connectivity index (χ1n) is 5.36. The minimum absolute atomic E-state index is 0.350. The third kappa shape index (κ3) is 2.18. The molecule has 2 aromatic rings. The van der Waals surface area contributed by atoms with Crippen molar-refractivity contribution in [3.63, 3.8) is 0 Å². The van der Waals surface area contributed by atoms with Crippen LogP contribution < -0.4 is 0 Å². The van der Waals surface area contributed by atoms with Gasteiger partial charge in [0.25, 0.3) is 0 Å². The Balaban J connectivity index is 2.66. The van der Waals surface area contributed by atoms with E-state index in [9.17, 15) is 13.9 Å². The van der Waals surface area contributed by atoms with Crippen LogP contribution in [0.5, 0.6) is 0 Å². The van der Waals surface area contributed by atoms with E-state index in [1.54, 1.807) is 24.3 Å². The summed E-state index contributed by atoms with van der Waals surface area (Å²) >= 11 is 3.27. The molecule has 1 unspecified atom stereocenters. The molecule has 0 heterocycles. The molecule has 1 N–H and O–H groups in total. The molecule has 0 amide bonds. The number of hydrogen-bond donors (Lipinski definition) is 1. The predicted molar refractivity (Wildman–Crippen MR) is 69.2 cm³/mol. The van der Waals surface area contributed by atoms with E-state index in [2.05, 4.69) is 15.9 Å². The normalized spacial score (nSPS) is 14.3. The Bertz CT molecular complexity index is 562. The lowest BCUT2D eigenvalue weighted by atomic mass is 9.87. The fourth-order valence-corrected chi connectivity index (χ4v) is 2.62. The van der Waals surface area contributed by atoms with Crippen molar-refractivity contribution >= 4 is 15.9 Å². The molecule has 0 fully saturated rings. The van der Waals surface area contributed by atoms with E-state index in [-0.39, 0.29) is 5.56 Å². The van der Waals surface area contributed by atoms with E-state index in [1.165, 1.54) is 13.0 Å². The van der Waals surface area contributed by atoms with Gasteiger partial charge in [0.1, 0.15) is 17.2 Å². The summed E-state index contributed by atoms with van der Waals surface area (Å²) in [5.41, 5.74) is -1.68. The largest absolute Gasteiger partial charge is 0.380 e. The molecular weight excluding hydrogens is 302 g/mol. The van der Waals surface area contributed by atoms with Gasteiger partial charge < -0.3 is 5.11 Å². The van der Waals surface area contributed by atoms with Crippen LogP contribution in [0, 0.1) is 11.6 Å². The lowest BCUT2D eigenvalue weighted by Gasteiger charge is -2.26. The summed E-state index contributed by atoms with van der Waals surface area (Å²) in [5.74, 6) is -1.54. The van der Waals surface area contributed by atoms with Gasteiger partial charge in [0.2, 0.25) is 0 Å². The molecule has 0 bridgehead atoms.